The Morgan fingerprint density at radius 2 is 1.96 bits per heavy atom. The summed E-state index contributed by atoms with van der Waals surface area (Å²) in [6, 6.07) is 0.000388. The summed E-state index contributed by atoms with van der Waals surface area (Å²) in [6.07, 6.45) is 6.31. The molecule has 2 atom stereocenters. The topological polar surface area (TPSA) is 99.1 Å². The van der Waals surface area contributed by atoms with E-state index in [4.69, 9.17) is 0 Å². The molecule has 0 unspecified atom stereocenters. The number of hydrogen-bond acceptors (Lipinski definition) is 8. The molecule has 0 spiro atoms. The number of aromatic nitrogens is 4. The van der Waals surface area contributed by atoms with Crippen LogP contribution in [0.5, 0.6) is 0 Å². The van der Waals surface area contributed by atoms with Crippen LogP contribution in [0.2, 0.25) is 0 Å². The highest BCUT2D eigenvalue weighted by Gasteiger charge is 2.24. The first kappa shape index (κ1) is 17.6. The normalized spacial score (nSPS) is 20.5. The van der Waals surface area contributed by atoms with Crippen LogP contribution in [0.15, 0.2) is 6.20 Å². The third-order valence-electron chi connectivity index (χ3n) is 4.42. The van der Waals surface area contributed by atoms with E-state index in [1.54, 1.807) is 6.20 Å². The van der Waals surface area contributed by atoms with E-state index in [1.165, 1.54) is 0 Å². The van der Waals surface area contributed by atoms with E-state index in [9.17, 15) is 5.11 Å². The van der Waals surface area contributed by atoms with Crippen molar-refractivity contribution in [2.24, 2.45) is 0 Å². The summed E-state index contributed by atoms with van der Waals surface area (Å²) in [5.41, 5.74) is 1.40. The monoisotopic (exact) mass is 345 g/mol. The average molecular weight is 345 g/mol. The van der Waals surface area contributed by atoms with Gasteiger partial charge < -0.3 is 20.6 Å². The Balaban J connectivity index is 1.91. The van der Waals surface area contributed by atoms with Crippen LogP contribution >= 0.6 is 0 Å². The van der Waals surface area contributed by atoms with E-state index in [-0.39, 0.29) is 12.1 Å². The Morgan fingerprint density at radius 1 is 1.16 bits per heavy atom. The van der Waals surface area contributed by atoms with Gasteiger partial charge in [-0.15, -0.1) is 0 Å². The molecule has 0 amide bonds. The van der Waals surface area contributed by atoms with Crippen molar-refractivity contribution in [2.45, 2.75) is 51.2 Å². The zero-order chi connectivity index (χ0) is 17.8. The fourth-order valence-electron chi connectivity index (χ4n) is 3.06. The van der Waals surface area contributed by atoms with Gasteiger partial charge in [0.15, 0.2) is 5.82 Å². The van der Waals surface area contributed by atoms with Gasteiger partial charge in [-0.25, -0.2) is 15.0 Å². The second kappa shape index (κ2) is 7.77. The lowest BCUT2D eigenvalue weighted by Crippen LogP contribution is -2.36. The first-order chi connectivity index (χ1) is 12.1. The van der Waals surface area contributed by atoms with Gasteiger partial charge in [-0.2, -0.15) is 4.98 Å². The summed E-state index contributed by atoms with van der Waals surface area (Å²) in [7, 11) is 3.87. The molecule has 25 heavy (non-hydrogen) atoms. The second-order valence-corrected chi connectivity index (χ2v) is 6.72. The Bertz CT molecular complexity index is 721. The third kappa shape index (κ3) is 4.07. The second-order valence-electron chi connectivity index (χ2n) is 6.72. The highest BCUT2D eigenvalue weighted by molar-refractivity contribution is 5.86. The molecular weight excluding hydrogens is 318 g/mol. The lowest BCUT2D eigenvalue weighted by atomic mass is 9.93. The van der Waals surface area contributed by atoms with Crippen molar-refractivity contribution in [2.75, 3.05) is 36.2 Å². The molecule has 1 aliphatic rings. The maximum atomic E-state index is 10.1. The molecule has 2 aromatic heterocycles. The molecule has 0 bridgehead atoms. The fraction of sp³-hybridized carbons (Fsp3) is 0.647. The van der Waals surface area contributed by atoms with Crippen molar-refractivity contribution in [3.63, 3.8) is 0 Å². The standard InChI is InChI=1S/C17H27N7O/c1-4-9-18-16-21-12-10-19-17(20-11-7-5-6-8-13(11)25)22-14(12)15(23-16)24(2)3/h10-11,13,25H,4-9H2,1-3H3,(H,18,21,23)(H,19,20,22)/t11-,13-/m0/s1. The molecular formula is C17H27N7O. The van der Waals surface area contributed by atoms with Gasteiger partial charge in [0.05, 0.1) is 18.3 Å². The molecule has 2 heterocycles. The zero-order valence-electron chi connectivity index (χ0n) is 15.2. The average Bonchev–Trinajstić information content (AvgIpc) is 2.61. The molecule has 0 radical (unpaired) electrons. The summed E-state index contributed by atoms with van der Waals surface area (Å²) >= 11 is 0. The van der Waals surface area contributed by atoms with Crippen LogP contribution in [-0.4, -0.2) is 57.8 Å². The molecule has 3 rings (SSSR count). The van der Waals surface area contributed by atoms with Gasteiger partial charge in [0.25, 0.3) is 0 Å². The highest BCUT2D eigenvalue weighted by atomic mass is 16.3. The SMILES string of the molecule is CCCNc1nc(N(C)C)c2nc(N[C@H]3CCCC[C@@H]3O)ncc2n1. The summed E-state index contributed by atoms with van der Waals surface area (Å²) in [4.78, 5) is 20.0. The quantitative estimate of drug-likeness (QED) is 0.731. The number of aliphatic hydroxyl groups is 1. The highest BCUT2D eigenvalue weighted by Crippen LogP contribution is 2.25. The number of anilines is 3. The summed E-state index contributed by atoms with van der Waals surface area (Å²) in [5.74, 6) is 1.85. The van der Waals surface area contributed by atoms with Gasteiger partial charge in [-0.1, -0.05) is 19.8 Å². The van der Waals surface area contributed by atoms with Crippen molar-refractivity contribution in [1.82, 2.24) is 19.9 Å². The van der Waals surface area contributed by atoms with Crippen molar-refractivity contribution < 1.29 is 5.11 Å². The molecule has 1 saturated carbocycles. The molecule has 8 heteroatoms. The third-order valence-corrected chi connectivity index (χ3v) is 4.42. The first-order valence-corrected chi connectivity index (χ1v) is 8.99. The number of nitrogens with one attached hydrogen (secondary N) is 2. The van der Waals surface area contributed by atoms with Crippen molar-refractivity contribution in [3.05, 3.63) is 6.20 Å². The Labute approximate surface area is 148 Å². The number of nitrogens with zero attached hydrogens (tertiary/aromatic N) is 5. The summed E-state index contributed by atoms with van der Waals surface area (Å²) < 4.78 is 0. The minimum absolute atomic E-state index is 0.000388. The van der Waals surface area contributed by atoms with Crippen LogP contribution in [0.25, 0.3) is 11.0 Å². The maximum absolute atomic E-state index is 10.1. The van der Waals surface area contributed by atoms with Crippen LogP contribution < -0.4 is 15.5 Å². The Kier molecular flexibility index (Phi) is 5.47. The van der Waals surface area contributed by atoms with E-state index < -0.39 is 0 Å². The van der Waals surface area contributed by atoms with E-state index in [0.29, 0.717) is 22.9 Å². The van der Waals surface area contributed by atoms with Gasteiger partial charge in [-0.05, 0) is 19.3 Å². The largest absolute Gasteiger partial charge is 0.391 e. The van der Waals surface area contributed by atoms with Crippen LogP contribution in [0, 0.1) is 0 Å². The van der Waals surface area contributed by atoms with Gasteiger partial charge >= 0.3 is 0 Å². The minimum atomic E-state index is -0.349. The molecule has 2 aromatic rings. The lowest BCUT2D eigenvalue weighted by Gasteiger charge is -2.28. The zero-order valence-corrected chi connectivity index (χ0v) is 15.2. The van der Waals surface area contributed by atoms with Crippen LogP contribution in [0.3, 0.4) is 0 Å². The summed E-state index contributed by atoms with van der Waals surface area (Å²) in [6.45, 7) is 2.92. The Morgan fingerprint density at radius 3 is 2.68 bits per heavy atom. The molecule has 8 nitrogen and oxygen atoms in total. The Hall–Kier alpha value is -2.22. The number of fused-ring (bicyclic) bond motifs is 1. The van der Waals surface area contributed by atoms with Crippen molar-refractivity contribution >= 4 is 28.7 Å². The molecule has 0 aliphatic heterocycles. The van der Waals surface area contributed by atoms with Gasteiger partial charge in [0, 0.05) is 20.6 Å². The number of rotatable bonds is 6. The van der Waals surface area contributed by atoms with E-state index >= 15 is 0 Å². The maximum Gasteiger partial charge on any atom is 0.225 e. The first-order valence-electron chi connectivity index (χ1n) is 8.99. The van der Waals surface area contributed by atoms with Gasteiger partial charge in [0.2, 0.25) is 11.9 Å². The predicted octanol–water partition coefficient (Wildman–Crippen LogP) is 2.02. The minimum Gasteiger partial charge on any atom is -0.391 e. The van der Waals surface area contributed by atoms with E-state index in [1.807, 2.05) is 19.0 Å². The van der Waals surface area contributed by atoms with Crippen molar-refractivity contribution in [1.29, 1.82) is 0 Å². The molecule has 3 N–H and O–H groups in total. The summed E-state index contributed by atoms with van der Waals surface area (Å²) in [5, 5.41) is 16.6. The molecule has 136 valence electrons. The molecule has 0 saturated heterocycles. The molecule has 1 aliphatic carbocycles. The van der Waals surface area contributed by atoms with E-state index in [0.717, 1.165) is 44.5 Å². The smallest absolute Gasteiger partial charge is 0.225 e. The number of hydrogen-bond donors (Lipinski definition) is 3. The van der Waals surface area contributed by atoms with E-state index in [2.05, 4.69) is 37.5 Å². The molecule has 0 aromatic carbocycles. The lowest BCUT2D eigenvalue weighted by molar-refractivity contribution is 0.116. The van der Waals surface area contributed by atoms with Crippen LogP contribution in [0.1, 0.15) is 39.0 Å². The van der Waals surface area contributed by atoms with Crippen molar-refractivity contribution in [3.8, 4) is 0 Å². The predicted molar refractivity (Wildman–Crippen MR) is 100 cm³/mol. The fourth-order valence-corrected chi connectivity index (χ4v) is 3.06. The van der Waals surface area contributed by atoms with Gasteiger partial charge in [-0.3, -0.25) is 0 Å². The van der Waals surface area contributed by atoms with Crippen LogP contribution in [-0.2, 0) is 0 Å². The van der Waals surface area contributed by atoms with Crippen LogP contribution in [0.4, 0.5) is 17.7 Å². The molecule has 1 fully saturated rings. The van der Waals surface area contributed by atoms with Gasteiger partial charge in [0.1, 0.15) is 11.0 Å². The number of aliphatic hydroxyl groups excluding tert-OH is 1.